The van der Waals surface area contributed by atoms with Crippen molar-refractivity contribution in [1.82, 2.24) is 5.16 Å². The highest BCUT2D eigenvalue weighted by molar-refractivity contribution is 5.73. The second-order valence-corrected chi connectivity index (χ2v) is 3.29. The summed E-state index contributed by atoms with van der Waals surface area (Å²) in [5, 5.41) is 3.78. The van der Waals surface area contributed by atoms with Gasteiger partial charge in [-0.25, -0.2) is 0 Å². The molecule has 2 aromatic rings. The predicted octanol–water partition coefficient (Wildman–Crippen LogP) is 2.74. The van der Waals surface area contributed by atoms with Gasteiger partial charge in [0, 0.05) is 0 Å². The summed E-state index contributed by atoms with van der Waals surface area (Å²) >= 11 is 0. The maximum Gasteiger partial charge on any atom is 0.182 e. The van der Waals surface area contributed by atoms with Crippen molar-refractivity contribution in [3.8, 4) is 0 Å². The molecule has 1 aromatic carbocycles. The molecule has 0 radical (unpaired) electrons. The molecule has 2 rings (SSSR count). The van der Waals surface area contributed by atoms with E-state index < -0.39 is 0 Å². The second-order valence-electron chi connectivity index (χ2n) is 3.29. The van der Waals surface area contributed by atoms with E-state index in [0.717, 1.165) is 11.3 Å². The molecule has 2 N–H and O–H groups in total. The molecule has 15 heavy (non-hydrogen) atoms. The Labute approximate surface area is 88.2 Å². The molecular weight excluding hydrogens is 188 g/mol. The van der Waals surface area contributed by atoms with Gasteiger partial charge in [0.1, 0.15) is 11.4 Å². The smallest absolute Gasteiger partial charge is 0.182 e. The minimum atomic E-state index is 0.599. The SMILES string of the molecule is Cc1noc(C=Cc2ccccc2)c1N. The lowest BCUT2D eigenvalue weighted by atomic mass is 10.2. The molecule has 0 aliphatic carbocycles. The zero-order chi connectivity index (χ0) is 10.7. The molecular formula is C12H12N2O. The normalized spacial score (nSPS) is 11.0. The Morgan fingerprint density at radius 1 is 1.20 bits per heavy atom. The van der Waals surface area contributed by atoms with E-state index in [-0.39, 0.29) is 0 Å². The van der Waals surface area contributed by atoms with Crippen LogP contribution < -0.4 is 5.73 Å². The third-order valence-electron chi connectivity index (χ3n) is 2.16. The van der Waals surface area contributed by atoms with Crippen LogP contribution in [-0.2, 0) is 0 Å². The Morgan fingerprint density at radius 3 is 2.53 bits per heavy atom. The zero-order valence-electron chi connectivity index (χ0n) is 8.47. The molecule has 3 heteroatoms. The van der Waals surface area contributed by atoms with Gasteiger partial charge in [-0.1, -0.05) is 41.6 Å². The molecule has 0 atom stereocenters. The van der Waals surface area contributed by atoms with Crippen LogP contribution in [0.15, 0.2) is 34.9 Å². The molecule has 0 aliphatic heterocycles. The molecule has 0 spiro atoms. The van der Waals surface area contributed by atoms with E-state index in [1.54, 1.807) is 0 Å². The number of hydrogen-bond acceptors (Lipinski definition) is 3. The molecule has 0 saturated carbocycles. The van der Waals surface area contributed by atoms with Crippen molar-refractivity contribution in [1.29, 1.82) is 0 Å². The van der Waals surface area contributed by atoms with Crippen molar-refractivity contribution in [3.63, 3.8) is 0 Å². The fraction of sp³-hybridized carbons (Fsp3) is 0.0833. The second kappa shape index (κ2) is 4.00. The summed E-state index contributed by atoms with van der Waals surface area (Å²) in [6, 6.07) is 9.96. The van der Waals surface area contributed by atoms with E-state index in [1.807, 2.05) is 49.4 Å². The fourth-order valence-corrected chi connectivity index (χ4v) is 1.25. The van der Waals surface area contributed by atoms with Crippen LogP contribution >= 0.6 is 0 Å². The van der Waals surface area contributed by atoms with Gasteiger partial charge < -0.3 is 10.3 Å². The van der Waals surface area contributed by atoms with Gasteiger partial charge in [-0.05, 0) is 18.6 Å². The number of nitrogens with zero attached hydrogens (tertiary/aromatic N) is 1. The molecule has 0 unspecified atom stereocenters. The maximum absolute atomic E-state index is 5.76. The number of anilines is 1. The van der Waals surface area contributed by atoms with Crippen LogP contribution in [0.25, 0.3) is 12.2 Å². The summed E-state index contributed by atoms with van der Waals surface area (Å²) in [7, 11) is 0. The Kier molecular flexibility index (Phi) is 2.54. The lowest BCUT2D eigenvalue weighted by Crippen LogP contribution is -1.86. The average molecular weight is 200 g/mol. The first-order valence-corrected chi connectivity index (χ1v) is 4.72. The maximum atomic E-state index is 5.76. The largest absolute Gasteiger partial charge is 0.394 e. The summed E-state index contributed by atoms with van der Waals surface area (Å²) in [4.78, 5) is 0. The van der Waals surface area contributed by atoms with Crippen LogP contribution in [0.4, 0.5) is 5.69 Å². The lowest BCUT2D eigenvalue weighted by Gasteiger charge is -1.90. The Hall–Kier alpha value is -2.03. The number of aromatic nitrogens is 1. The zero-order valence-corrected chi connectivity index (χ0v) is 8.47. The number of benzene rings is 1. The highest BCUT2D eigenvalue weighted by atomic mass is 16.5. The molecule has 0 amide bonds. The van der Waals surface area contributed by atoms with Gasteiger partial charge in [0.25, 0.3) is 0 Å². The van der Waals surface area contributed by atoms with E-state index in [9.17, 15) is 0 Å². The van der Waals surface area contributed by atoms with Crippen molar-refractivity contribution in [3.05, 3.63) is 47.3 Å². The lowest BCUT2D eigenvalue weighted by molar-refractivity contribution is 0.408. The Balaban J connectivity index is 2.23. The summed E-state index contributed by atoms with van der Waals surface area (Å²) in [6.45, 7) is 1.82. The molecule has 1 aromatic heterocycles. The quantitative estimate of drug-likeness (QED) is 0.810. The average Bonchev–Trinajstić information content (AvgIpc) is 2.59. The minimum Gasteiger partial charge on any atom is -0.394 e. The molecule has 0 aliphatic rings. The molecule has 0 saturated heterocycles. The minimum absolute atomic E-state index is 0.599. The summed E-state index contributed by atoms with van der Waals surface area (Å²) in [6.07, 6.45) is 3.76. The van der Waals surface area contributed by atoms with Crippen molar-refractivity contribution < 1.29 is 4.52 Å². The topological polar surface area (TPSA) is 52.0 Å². The van der Waals surface area contributed by atoms with Gasteiger partial charge >= 0.3 is 0 Å². The van der Waals surface area contributed by atoms with Gasteiger partial charge in [0.15, 0.2) is 5.76 Å². The third kappa shape index (κ3) is 2.07. The fourth-order valence-electron chi connectivity index (χ4n) is 1.25. The van der Waals surface area contributed by atoms with Gasteiger partial charge in [-0.3, -0.25) is 0 Å². The molecule has 76 valence electrons. The van der Waals surface area contributed by atoms with Gasteiger partial charge in [-0.15, -0.1) is 0 Å². The monoisotopic (exact) mass is 200 g/mol. The van der Waals surface area contributed by atoms with Crippen LogP contribution in [0, 0.1) is 6.92 Å². The first kappa shape index (κ1) is 9.52. The Bertz CT molecular complexity index is 472. The number of nitrogen functional groups attached to an aromatic ring is 1. The number of hydrogen-bond donors (Lipinski definition) is 1. The molecule has 0 fully saturated rings. The number of nitrogens with two attached hydrogens (primary N) is 1. The highest BCUT2D eigenvalue weighted by Gasteiger charge is 2.04. The number of aryl methyl sites for hydroxylation is 1. The van der Waals surface area contributed by atoms with Crippen molar-refractivity contribution in [2.75, 3.05) is 5.73 Å². The highest BCUT2D eigenvalue weighted by Crippen LogP contribution is 2.18. The number of rotatable bonds is 2. The predicted molar refractivity (Wildman–Crippen MR) is 61.0 cm³/mol. The van der Waals surface area contributed by atoms with E-state index in [2.05, 4.69) is 5.16 Å². The van der Waals surface area contributed by atoms with E-state index in [1.165, 1.54) is 0 Å². The molecule has 1 heterocycles. The van der Waals surface area contributed by atoms with Crippen LogP contribution in [0.1, 0.15) is 17.0 Å². The third-order valence-corrected chi connectivity index (χ3v) is 2.16. The van der Waals surface area contributed by atoms with Crippen LogP contribution in [0.5, 0.6) is 0 Å². The van der Waals surface area contributed by atoms with Crippen LogP contribution in [0.2, 0.25) is 0 Å². The first-order valence-electron chi connectivity index (χ1n) is 4.72. The van der Waals surface area contributed by atoms with Gasteiger partial charge in [-0.2, -0.15) is 0 Å². The summed E-state index contributed by atoms with van der Waals surface area (Å²) in [5.41, 5.74) is 8.19. The van der Waals surface area contributed by atoms with Crippen molar-refractivity contribution >= 4 is 17.8 Å². The molecule has 3 nitrogen and oxygen atoms in total. The van der Waals surface area contributed by atoms with E-state index in [0.29, 0.717) is 11.4 Å². The summed E-state index contributed by atoms with van der Waals surface area (Å²) < 4.78 is 5.05. The van der Waals surface area contributed by atoms with E-state index >= 15 is 0 Å². The van der Waals surface area contributed by atoms with Crippen LogP contribution in [-0.4, -0.2) is 5.16 Å². The molecule has 0 bridgehead atoms. The summed E-state index contributed by atoms with van der Waals surface area (Å²) in [5.74, 6) is 0.608. The van der Waals surface area contributed by atoms with Gasteiger partial charge in [0.05, 0.1) is 0 Å². The van der Waals surface area contributed by atoms with Crippen molar-refractivity contribution in [2.24, 2.45) is 0 Å². The first-order chi connectivity index (χ1) is 7.27. The van der Waals surface area contributed by atoms with Crippen LogP contribution in [0.3, 0.4) is 0 Å². The Morgan fingerprint density at radius 2 is 1.93 bits per heavy atom. The standard InChI is InChI=1S/C12H12N2O/c1-9-12(13)11(15-14-9)8-7-10-5-3-2-4-6-10/h2-8H,13H2,1H3. The van der Waals surface area contributed by atoms with Crippen molar-refractivity contribution in [2.45, 2.75) is 6.92 Å². The van der Waals surface area contributed by atoms with Gasteiger partial charge in [0.2, 0.25) is 0 Å². The van der Waals surface area contributed by atoms with E-state index in [4.69, 9.17) is 10.3 Å².